The van der Waals surface area contributed by atoms with Crippen molar-refractivity contribution in [2.75, 3.05) is 13.3 Å². The first-order valence-electron chi connectivity index (χ1n) is 8.00. The SMILES string of the molecule is CCNC(=NCc1ccc2c(c1)OCO2)NCc1cc(F)ccc1F.I. The summed E-state index contributed by atoms with van der Waals surface area (Å²) in [6.45, 7) is 3.36. The van der Waals surface area contributed by atoms with Crippen LogP contribution in [0.5, 0.6) is 11.5 Å². The second kappa shape index (κ2) is 9.56. The minimum atomic E-state index is -0.472. The third-order valence-corrected chi connectivity index (χ3v) is 3.65. The van der Waals surface area contributed by atoms with Gasteiger partial charge < -0.3 is 20.1 Å². The first-order valence-corrected chi connectivity index (χ1v) is 8.00. The number of guanidine groups is 1. The van der Waals surface area contributed by atoms with E-state index in [-0.39, 0.29) is 42.9 Å². The number of fused-ring (bicyclic) bond motifs is 1. The monoisotopic (exact) mass is 475 g/mol. The Bertz CT molecular complexity index is 787. The highest BCUT2D eigenvalue weighted by atomic mass is 127. The molecule has 0 fully saturated rings. The minimum Gasteiger partial charge on any atom is -0.454 e. The van der Waals surface area contributed by atoms with Crippen molar-refractivity contribution in [2.45, 2.75) is 20.0 Å². The molecule has 0 spiro atoms. The van der Waals surface area contributed by atoms with Gasteiger partial charge in [0.1, 0.15) is 11.6 Å². The minimum absolute atomic E-state index is 0. The lowest BCUT2D eigenvalue weighted by atomic mass is 10.2. The van der Waals surface area contributed by atoms with Crippen molar-refractivity contribution in [3.63, 3.8) is 0 Å². The van der Waals surface area contributed by atoms with E-state index in [1.165, 1.54) is 6.07 Å². The Morgan fingerprint density at radius 2 is 1.88 bits per heavy atom. The fourth-order valence-corrected chi connectivity index (χ4v) is 2.41. The van der Waals surface area contributed by atoms with Gasteiger partial charge in [-0.15, -0.1) is 24.0 Å². The van der Waals surface area contributed by atoms with Crippen molar-refractivity contribution < 1.29 is 18.3 Å². The largest absolute Gasteiger partial charge is 0.454 e. The zero-order chi connectivity index (χ0) is 17.6. The second-order valence-corrected chi connectivity index (χ2v) is 5.47. The van der Waals surface area contributed by atoms with Crippen molar-refractivity contribution in [1.82, 2.24) is 10.6 Å². The first-order chi connectivity index (χ1) is 12.2. The second-order valence-electron chi connectivity index (χ2n) is 5.47. The molecule has 0 saturated carbocycles. The summed E-state index contributed by atoms with van der Waals surface area (Å²) in [6.07, 6.45) is 0. The number of rotatable bonds is 5. The zero-order valence-corrected chi connectivity index (χ0v) is 16.6. The Morgan fingerprint density at radius 3 is 2.69 bits per heavy atom. The summed E-state index contributed by atoms with van der Waals surface area (Å²) >= 11 is 0. The Hall–Kier alpha value is -2.10. The summed E-state index contributed by atoms with van der Waals surface area (Å²) in [5, 5.41) is 6.08. The summed E-state index contributed by atoms with van der Waals surface area (Å²) in [7, 11) is 0. The van der Waals surface area contributed by atoms with E-state index in [1.54, 1.807) is 0 Å². The van der Waals surface area contributed by atoms with Crippen LogP contribution in [0.25, 0.3) is 0 Å². The topological polar surface area (TPSA) is 54.9 Å². The van der Waals surface area contributed by atoms with E-state index in [2.05, 4.69) is 15.6 Å². The summed E-state index contributed by atoms with van der Waals surface area (Å²) in [6, 6.07) is 9.01. The molecule has 0 aliphatic carbocycles. The predicted molar refractivity (Wildman–Crippen MR) is 106 cm³/mol. The van der Waals surface area contributed by atoms with Gasteiger partial charge in [0.2, 0.25) is 6.79 Å². The highest BCUT2D eigenvalue weighted by Gasteiger charge is 2.13. The van der Waals surface area contributed by atoms with Crippen LogP contribution >= 0.6 is 24.0 Å². The number of hydrogen-bond acceptors (Lipinski definition) is 3. The van der Waals surface area contributed by atoms with E-state index in [4.69, 9.17) is 9.47 Å². The van der Waals surface area contributed by atoms with Crippen LogP contribution < -0.4 is 20.1 Å². The molecule has 0 atom stereocenters. The molecule has 0 bridgehead atoms. The lowest BCUT2D eigenvalue weighted by Gasteiger charge is -2.12. The Kier molecular flexibility index (Phi) is 7.43. The van der Waals surface area contributed by atoms with Gasteiger partial charge in [-0.25, -0.2) is 13.8 Å². The van der Waals surface area contributed by atoms with Crippen molar-refractivity contribution in [3.8, 4) is 11.5 Å². The zero-order valence-electron chi connectivity index (χ0n) is 14.2. The maximum atomic E-state index is 13.7. The van der Waals surface area contributed by atoms with Crippen molar-refractivity contribution in [1.29, 1.82) is 0 Å². The molecule has 3 rings (SSSR count). The molecule has 1 aliphatic rings. The Balaban J connectivity index is 0.00000243. The number of nitrogens with zero attached hydrogens (tertiary/aromatic N) is 1. The van der Waals surface area contributed by atoms with Gasteiger partial charge in [-0.05, 0) is 42.8 Å². The number of benzene rings is 2. The molecular weight excluding hydrogens is 455 g/mol. The quantitative estimate of drug-likeness (QED) is 0.395. The van der Waals surface area contributed by atoms with Crippen LogP contribution in [0.1, 0.15) is 18.1 Å². The lowest BCUT2D eigenvalue weighted by Crippen LogP contribution is -2.37. The number of aliphatic imine (C=N–C) groups is 1. The van der Waals surface area contributed by atoms with Gasteiger partial charge in [0.15, 0.2) is 17.5 Å². The summed E-state index contributed by atoms with van der Waals surface area (Å²) in [5.74, 6) is 1.01. The van der Waals surface area contributed by atoms with Crippen LogP contribution in [0.15, 0.2) is 41.4 Å². The van der Waals surface area contributed by atoms with Crippen molar-refractivity contribution in [2.24, 2.45) is 4.99 Å². The molecule has 0 radical (unpaired) electrons. The van der Waals surface area contributed by atoms with E-state index in [0.717, 1.165) is 23.4 Å². The third-order valence-electron chi connectivity index (χ3n) is 3.65. The van der Waals surface area contributed by atoms with Crippen molar-refractivity contribution in [3.05, 3.63) is 59.2 Å². The molecule has 140 valence electrons. The number of nitrogens with one attached hydrogen (secondary N) is 2. The highest BCUT2D eigenvalue weighted by Crippen LogP contribution is 2.32. The molecule has 1 heterocycles. The van der Waals surface area contributed by atoms with Gasteiger partial charge in [-0.3, -0.25) is 0 Å². The molecule has 2 N–H and O–H groups in total. The Labute approximate surface area is 167 Å². The summed E-state index contributed by atoms with van der Waals surface area (Å²) in [4.78, 5) is 4.46. The normalized spacial score (nSPS) is 12.5. The average molecular weight is 475 g/mol. The molecular formula is C18H20F2IN3O2. The van der Waals surface area contributed by atoms with Crippen LogP contribution in [-0.2, 0) is 13.1 Å². The van der Waals surface area contributed by atoms with E-state index in [0.29, 0.717) is 24.8 Å². The predicted octanol–water partition coefficient (Wildman–Crippen LogP) is 3.57. The van der Waals surface area contributed by atoms with Gasteiger partial charge in [0.05, 0.1) is 6.54 Å². The van der Waals surface area contributed by atoms with E-state index in [1.807, 2.05) is 25.1 Å². The lowest BCUT2D eigenvalue weighted by molar-refractivity contribution is 0.174. The summed E-state index contributed by atoms with van der Waals surface area (Å²) in [5.41, 5.74) is 1.20. The van der Waals surface area contributed by atoms with Crippen LogP contribution in [0.3, 0.4) is 0 Å². The molecule has 0 amide bonds. The van der Waals surface area contributed by atoms with E-state index >= 15 is 0 Å². The molecule has 2 aromatic carbocycles. The van der Waals surface area contributed by atoms with E-state index < -0.39 is 11.6 Å². The van der Waals surface area contributed by atoms with Gasteiger partial charge >= 0.3 is 0 Å². The van der Waals surface area contributed by atoms with E-state index in [9.17, 15) is 8.78 Å². The molecule has 0 unspecified atom stereocenters. The van der Waals surface area contributed by atoms with Crippen LogP contribution in [0.2, 0.25) is 0 Å². The standard InChI is InChI=1S/C18H19F2N3O2.HI/c1-2-21-18(23-10-13-8-14(19)4-5-15(13)20)22-9-12-3-6-16-17(7-12)25-11-24-16;/h3-8H,2,9-11H2,1H3,(H2,21,22,23);1H. The van der Waals surface area contributed by atoms with Crippen molar-refractivity contribution >= 4 is 29.9 Å². The maximum absolute atomic E-state index is 13.7. The Morgan fingerprint density at radius 1 is 1.08 bits per heavy atom. The third kappa shape index (κ3) is 5.20. The summed E-state index contributed by atoms with van der Waals surface area (Å²) < 4.78 is 37.5. The van der Waals surface area contributed by atoms with Gasteiger partial charge in [-0.2, -0.15) is 0 Å². The fraction of sp³-hybridized carbons (Fsp3) is 0.278. The number of hydrogen-bond donors (Lipinski definition) is 2. The van der Waals surface area contributed by atoms with Gasteiger partial charge in [0, 0.05) is 18.7 Å². The fourth-order valence-electron chi connectivity index (χ4n) is 2.41. The maximum Gasteiger partial charge on any atom is 0.231 e. The van der Waals surface area contributed by atoms with Gasteiger partial charge in [-0.1, -0.05) is 6.07 Å². The molecule has 5 nitrogen and oxygen atoms in total. The highest BCUT2D eigenvalue weighted by molar-refractivity contribution is 14.0. The molecule has 26 heavy (non-hydrogen) atoms. The van der Waals surface area contributed by atoms with Crippen LogP contribution in [-0.4, -0.2) is 19.3 Å². The molecule has 2 aromatic rings. The molecule has 0 saturated heterocycles. The van der Waals surface area contributed by atoms with Crippen LogP contribution in [0.4, 0.5) is 8.78 Å². The first kappa shape index (κ1) is 20.2. The number of halogens is 3. The molecule has 1 aliphatic heterocycles. The van der Waals surface area contributed by atoms with Crippen LogP contribution in [0, 0.1) is 11.6 Å². The molecule has 8 heteroatoms. The average Bonchev–Trinajstić information content (AvgIpc) is 3.07. The van der Waals surface area contributed by atoms with Gasteiger partial charge in [0.25, 0.3) is 0 Å². The smallest absolute Gasteiger partial charge is 0.231 e. The number of ether oxygens (including phenoxy) is 2. The molecule has 0 aromatic heterocycles.